The lowest BCUT2D eigenvalue weighted by molar-refractivity contribution is 0.0970. The van der Waals surface area contributed by atoms with Crippen molar-refractivity contribution in [3.05, 3.63) is 40.7 Å². The number of hydrogen-bond donors (Lipinski definition) is 2. The molecule has 8 nitrogen and oxygen atoms in total. The van der Waals surface area contributed by atoms with Gasteiger partial charge in [-0.15, -0.1) is 0 Å². The van der Waals surface area contributed by atoms with Gasteiger partial charge in [-0.1, -0.05) is 0 Å². The first-order chi connectivity index (χ1) is 13.9. The van der Waals surface area contributed by atoms with Gasteiger partial charge in [-0.05, 0) is 58.4 Å². The fraction of sp³-hybridized carbons (Fsp3) is 0.429. The van der Waals surface area contributed by atoms with Gasteiger partial charge in [0.1, 0.15) is 10.6 Å². The average Bonchev–Trinajstić information content (AvgIpc) is 2.96. The lowest BCUT2D eigenvalue weighted by Crippen LogP contribution is -2.27. The van der Waals surface area contributed by atoms with Crippen molar-refractivity contribution in [3.63, 3.8) is 0 Å². The summed E-state index contributed by atoms with van der Waals surface area (Å²) in [6.45, 7) is 8.73. The second-order valence-electron chi connectivity index (χ2n) is 7.29. The molecule has 1 heterocycles. The van der Waals surface area contributed by atoms with Crippen molar-refractivity contribution >= 4 is 27.3 Å². The van der Waals surface area contributed by atoms with Gasteiger partial charge in [-0.25, -0.2) is 12.7 Å². The third-order valence-electron chi connectivity index (χ3n) is 4.81. The third kappa shape index (κ3) is 4.57. The van der Waals surface area contributed by atoms with E-state index in [0.29, 0.717) is 34.8 Å². The summed E-state index contributed by atoms with van der Waals surface area (Å²) in [7, 11) is -0.850. The highest BCUT2D eigenvalue weighted by Crippen LogP contribution is 2.30. The molecule has 2 N–H and O–H groups in total. The first kappa shape index (κ1) is 23.6. The van der Waals surface area contributed by atoms with Gasteiger partial charge in [0.05, 0.1) is 18.3 Å². The summed E-state index contributed by atoms with van der Waals surface area (Å²) < 4.78 is 31.9. The number of anilines is 1. The van der Waals surface area contributed by atoms with Crippen LogP contribution in [0.25, 0.3) is 0 Å². The Hall–Kier alpha value is -2.65. The Labute approximate surface area is 177 Å². The van der Waals surface area contributed by atoms with Crippen LogP contribution in [0.4, 0.5) is 5.69 Å². The molecule has 0 radical (unpaired) electrons. The number of carbonyl (C=O) groups is 2. The topological polar surface area (TPSA) is 109 Å². The summed E-state index contributed by atoms with van der Waals surface area (Å²) in [6, 6.07) is 4.03. The molecule has 0 aliphatic carbocycles. The SMILES string of the molecule is CCOc1ccc(NC(C)C(=O)c2[nH]c(C)c(C(C)=O)c2C)cc1S(=O)(=O)N(C)C. The van der Waals surface area contributed by atoms with Crippen molar-refractivity contribution in [2.24, 2.45) is 0 Å². The van der Waals surface area contributed by atoms with Gasteiger partial charge in [0.2, 0.25) is 15.8 Å². The van der Waals surface area contributed by atoms with Crippen molar-refractivity contribution in [2.75, 3.05) is 26.0 Å². The maximum atomic E-state index is 13.0. The van der Waals surface area contributed by atoms with E-state index in [2.05, 4.69) is 10.3 Å². The van der Waals surface area contributed by atoms with Gasteiger partial charge < -0.3 is 15.0 Å². The number of sulfonamides is 1. The maximum absolute atomic E-state index is 13.0. The molecule has 0 fully saturated rings. The molecule has 1 aromatic heterocycles. The second-order valence-corrected chi connectivity index (χ2v) is 9.41. The Bertz CT molecular complexity index is 1070. The zero-order valence-corrected chi connectivity index (χ0v) is 19.2. The Morgan fingerprint density at radius 1 is 1.23 bits per heavy atom. The van der Waals surface area contributed by atoms with Gasteiger partial charge in [0, 0.05) is 31.0 Å². The number of ketones is 2. The summed E-state index contributed by atoms with van der Waals surface area (Å²) in [5, 5.41) is 3.05. The number of carbonyl (C=O) groups excluding carboxylic acids is 2. The molecule has 0 spiro atoms. The van der Waals surface area contributed by atoms with Crippen LogP contribution in [0.15, 0.2) is 23.1 Å². The van der Waals surface area contributed by atoms with Crippen molar-refractivity contribution in [3.8, 4) is 5.75 Å². The molecule has 0 saturated carbocycles. The quantitative estimate of drug-likeness (QED) is 0.586. The van der Waals surface area contributed by atoms with Crippen LogP contribution in [-0.4, -0.2) is 56.0 Å². The lowest BCUT2D eigenvalue weighted by Gasteiger charge is -2.19. The van der Waals surface area contributed by atoms with E-state index >= 15 is 0 Å². The highest BCUT2D eigenvalue weighted by molar-refractivity contribution is 7.89. The van der Waals surface area contributed by atoms with Crippen LogP contribution in [0.3, 0.4) is 0 Å². The molecule has 0 aliphatic rings. The maximum Gasteiger partial charge on any atom is 0.246 e. The fourth-order valence-corrected chi connectivity index (χ4v) is 4.38. The molecule has 9 heteroatoms. The predicted molar refractivity (Wildman–Crippen MR) is 116 cm³/mol. The summed E-state index contributed by atoms with van der Waals surface area (Å²) in [5.41, 5.74) is 2.61. The Balaban J connectivity index is 2.37. The number of nitrogens with one attached hydrogen (secondary N) is 2. The molecule has 0 aliphatic heterocycles. The second kappa shape index (κ2) is 9.01. The number of nitrogens with zero attached hydrogens (tertiary/aromatic N) is 1. The average molecular weight is 436 g/mol. The number of rotatable bonds is 9. The first-order valence-electron chi connectivity index (χ1n) is 9.62. The van der Waals surface area contributed by atoms with Gasteiger partial charge in [0.15, 0.2) is 5.78 Å². The first-order valence-corrected chi connectivity index (χ1v) is 11.1. The van der Waals surface area contributed by atoms with Crippen LogP contribution in [0, 0.1) is 13.8 Å². The van der Waals surface area contributed by atoms with E-state index < -0.39 is 16.1 Å². The van der Waals surface area contributed by atoms with Gasteiger partial charge in [-0.2, -0.15) is 0 Å². The Morgan fingerprint density at radius 3 is 2.37 bits per heavy atom. The lowest BCUT2D eigenvalue weighted by atomic mass is 10.0. The fourth-order valence-electron chi connectivity index (χ4n) is 3.33. The number of H-pyrrole nitrogens is 1. The minimum absolute atomic E-state index is 0.0183. The zero-order chi connectivity index (χ0) is 22.8. The van der Waals surface area contributed by atoms with E-state index in [-0.39, 0.29) is 22.2 Å². The minimum Gasteiger partial charge on any atom is -0.492 e. The van der Waals surface area contributed by atoms with Crippen molar-refractivity contribution in [1.82, 2.24) is 9.29 Å². The molecular formula is C21H29N3O5S. The molecule has 2 aromatic rings. The molecule has 0 amide bonds. The number of aryl methyl sites for hydroxylation is 1. The van der Waals surface area contributed by atoms with Crippen LogP contribution in [-0.2, 0) is 10.0 Å². The molecule has 1 atom stereocenters. The largest absolute Gasteiger partial charge is 0.492 e. The standard InChI is InChI=1S/C21H29N3O5S/c1-8-29-17-10-9-16(11-18(17)30(27,28)24(6)7)22-14(4)21(26)20-12(2)19(15(5)25)13(3)23-20/h9-11,14,22-23H,8H2,1-7H3. The Morgan fingerprint density at radius 2 is 1.87 bits per heavy atom. The number of Topliss-reactive ketones (excluding diaryl/α,β-unsaturated/α-hetero) is 2. The smallest absolute Gasteiger partial charge is 0.246 e. The van der Waals surface area contributed by atoms with Crippen LogP contribution in [0.2, 0.25) is 0 Å². The molecule has 164 valence electrons. The van der Waals surface area contributed by atoms with Gasteiger partial charge in [0.25, 0.3) is 0 Å². The minimum atomic E-state index is -3.74. The predicted octanol–water partition coefficient (Wildman–Crippen LogP) is 3.17. The Kier molecular flexibility index (Phi) is 7.10. The van der Waals surface area contributed by atoms with Crippen molar-refractivity contribution in [2.45, 2.75) is 45.6 Å². The molecule has 0 saturated heterocycles. The summed E-state index contributed by atoms with van der Waals surface area (Å²) in [6.07, 6.45) is 0. The van der Waals surface area contributed by atoms with Crippen molar-refractivity contribution in [1.29, 1.82) is 0 Å². The highest BCUT2D eigenvalue weighted by Gasteiger charge is 2.26. The van der Waals surface area contributed by atoms with Crippen LogP contribution in [0.1, 0.15) is 52.9 Å². The monoisotopic (exact) mass is 435 g/mol. The summed E-state index contributed by atoms with van der Waals surface area (Å²) in [4.78, 5) is 27.8. The van der Waals surface area contributed by atoms with E-state index in [1.54, 1.807) is 39.8 Å². The van der Waals surface area contributed by atoms with Crippen LogP contribution in [0.5, 0.6) is 5.75 Å². The van der Waals surface area contributed by atoms with E-state index in [0.717, 1.165) is 4.31 Å². The van der Waals surface area contributed by atoms with Crippen LogP contribution >= 0.6 is 0 Å². The van der Waals surface area contributed by atoms with E-state index in [1.165, 1.54) is 27.1 Å². The highest BCUT2D eigenvalue weighted by atomic mass is 32.2. The molecule has 30 heavy (non-hydrogen) atoms. The molecular weight excluding hydrogens is 406 g/mol. The zero-order valence-electron chi connectivity index (χ0n) is 18.4. The van der Waals surface area contributed by atoms with Gasteiger partial charge in [-0.3, -0.25) is 9.59 Å². The van der Waals surface area contributed by atoms with E-state index in [4.69, 9.17) is 4.74 Å². The number of aromatic nitrogens is 1. The number of ether oxygens (including phenoxy) is 1. The number of benzene rings is 1. The van der Waals surface area contributed by atoms with E-state index in [1.807, 2.05) is 0 Å². The molecule has 1 unspecified atom stereocenters. The summed E-state index contributed by atoms with van der Waals surface area (Å²) >= 11 is 0. The third-order valence-corrected chi connectivity index (χ3v) is 6.65. The van der Waals surface area contributed by atoms with Crippen molar-refractivity contribution < 1.29 is 22.7 Å². The normalized spacial score (nSPS) is 12.7. The molecule has 1 aromatic carbocycles. The van der Waals surface area contributed by atoms with Crippen LogP contribution < -0.4 is 10.1 Å². The van der Waals surface area contributed by atoms with Gasteiger partial charge >= 0.3 is 0 Å². The number of aromatic amines is 1. The molecule has 2 rings (SSSR count). The number of hydrogen-bond acceptors (Lipinski definition) is 6. The molecule has 0 bridgehead atoms. The van der Waals surface area contributed by atoms with E-state index in [9.17, 15) is 18.0 Å². The summed E-state index contributed by atoms with van der Waals surface area (Å²) in [5.74, 6) is -0.0855.